The van der Waals surface area contributed by atoms with Crippen molar-refractivity contribution in [2.24, 2.45) is 0 Å². The highest BCUT2D eigenvalue weighted by Crippen LogP contribution is 2.48. The molecule has 0 aliphatic carbocycles. The van der Waals surface area contributed by atoms with E-state index in [1.807, 2.05) is 0 Å². The molecule has 0 atom stereocenters. The van der Waals surface area contributed by atoms with Gasteiger partial charge in [-0.15, -0.1) is 0 Å². The van der Waals surface area contributed by atoms with Gasteiger partial charge in [0.05, 0.1) is 5.69 Å². The van der Waals surface area contributed by atoms with Gasteiger partial charge in [-0.05, 0) is 80.4 Å². The van der Waals surface area contributed by atoms with Gasteiger partial charge in [0.1, 0.15) is 5.58 Å². The molecule has 2 nitrogen and oxygen atoms in total. The average molecular weight is 716 g/mol. The quantitative estimate of drug-likeness (QED) is 0.156. The Labute approximate surface area is 327 Å². The zero-order valence-electron chi connectivity index (χ0n) is 30.7. The number of benzene rings is 9. The van der Waals surface area contributed by atoms with E-state index in [1.54, 1.807) is 0 Å². The van der Waals surface area contributed by atoms with Crippen LogP contribution in [0.25, 0.3) is 77.6 Å². The van der Waals surface area contributed by atoms with Crippen molar-refractivity contribution < 1.29 is 4.42 Å². The van der Waals surface area contributed by atoms with E-state index < -0.39 is 0 Å². The molecule has 0 radical (unpaired) electrons. The zero-order valence-corrected chi connectivity index (χ0v) is 30.7. The van der Waals surface area contributed by atoms with Gasteiger partial charge in [0.25, 0.3) is 0 Å². The summed E-state index contributed by atoms with van der Waals surface area (Å²) in [5, 5.41) is 2.18. The molecular weight excluding hydrogens is 679 g/mol. The number of para-hydroxylation sites is 1. The molecule has 56 heavy (non-hydrogen) atoms. The third kappa shape index (κ3) is 6.14. The smallest absolute Gasteiger partial charge is 0.160 e. The third-order valence-corrected chi connectivity index (χ3v) is 10.7. The van der Waals surface area contributed by atoms with Crippen LogP contribution in [0.4, 0.5) is 17.1 Å². The van der Waals surface area contributed by atoms with E-state index in [2.05, 4.69) is 229 Å². The highest BCUT2D eigenvalue weighted by Gasteiger charge is 2.24. The number of fused-ring (bicyclic) bond motifs is 3. The Kier molecular flexibility index (Phi) is 8.55. The fourth-order valence-electron chi connectivity index (χ4n) is 7.92. The molecule has 0 unspecified atom stereocenters. The number of rotatable bonds is 8. The van der Waals surface area contributed by atoms with Crippen LogP contribution in [0.1, 0.15) is 0 Å². The van der Waals surface area contributed by atoms with Crippen LogP contribution in [-0.4, -0.2) is 0 Å². The van der Waals surface area contributed by atoms with Gasteiger partial charge in [-0.2, -0.15) is 0 Å². The normalized spacial score (nSPS) is 11.2. The topological polar surface area (TPSA) is 16.4 Å². The van der Waals surface area contributed by atoms with Crippen LogP contribution in [0.5, 0.6) is 0 Å². The molecule has 0 saturated carbocycles. The van der Waals surface area contributed by atoms with Crippen molar-refractivity contribution in [2.45, 2.75) is 0 Å². The second-order valence-corrected chi connectivity index (χ2v) is 14.1. The lowest BCUT2D eigenvalue weighted by Crippen LogP contribution is -2.10. The molecular formula is C54H37NO. The van der Waals surface area contributed by atoms with Crippen molar-refractivity contribution in [3.05, 3.63) is 224 Å². The summed E-state index contributed by atoms with van der Waals surface area (Å²) in [5.74, 6) is 0. The van der Waals surface area contributed by atoms with Gasteiger partial charge >= 0.3 is 0 Å². The standard InChI is InChI=1S/C54H37NO/c1-5-14-38(15-6-1)41-24-26-45(27-25-41)48-36-37-51(54-52(48)50-23-13-22-49(53(50)56-54)44-20-11-4-12-21-44)55(46-32-28-42(29-33-46)39-16-7-2-8-17-39)47-34-30-43(31-35-47)40-18-9-3-10-19-40/h1-37H. The minimum Gasteiger partial charge on any atom is -0.453 e. The number of hydrogen-bond donors (Lipinski definition) is 0. The molecule has 0 saturated heterocycles. The summed E-state index contributed by atoms with van der Waals surface area (Å²) in [5.41, 5.74) is 16.3. The molecule has 0 spiro atoms. The highest BCUT2D eigenvalue weighted by atomic mass is 16.3. The second kappa shape index (κ2) is 14.4. The molecule has 1 heterocycles. The van der Waals surface area contributed by atoms with E-state index in [9.17, 15) is 0 Å². The average Bonchev–Trinajstić information content (AvgIpc) is 3.69. The Bertz CT molecular complexity index is 2820. The first-order chi connectivity index (χ1) is 27.8. The molecule has 0 fully saturated rings. The predicted octanol–water partition coefficient (Wildman–Crippen LogP) is 15.4. The minimum atomic E-state index is 0.840. The molecule has 264 valence electrons. The summed E-state index contributed by atoms with van der Waals surface area (Å²) >= 11 is 0. The van der Waals surface area contributed by atoms with Crippen LogP contribution in [-0.2, 0) is 0 Å². The van der Waals surface area contributed by atoms with E-state index in [4.69, 9.17) is 4.42 Å². The summed E-state index contributed by atoms with van der Waals surface area (Å²) in [6, 6.07) is 79.8. The Hall–Kier alpha value is -7.42. The van der Waals surface area contributed by atoms with Crippen molar-refractivity contribution in [3.8, 4) is 55.6 Å². The fraction of sp³-hybridized carbons (Fsp3) is 0. The number of anilines is 3. The van der Waals surface area contributed by atoms with Crippen LogP contribution in [0, 0.1) is 0 Å². The van der Waals surface area contributed by atoms with Gasteiger partial charge in [0.15, 0.2) is 5.58 Å². The lowest BCUT2D eigenvalue weighted by atomic mass is 9.95. The fourth-order valence-corrected chi connectivity index (χ4v) is 7.92. The highest BCUT2D eigenvalue weighted by molar-refractivity contribution is 6.19. The van der Waals surface area contributed by atoms with E-state index in [0.717, 1.165) is 61.3 Å². The summed E-state index contributed by atoms with van der Waals surface area (Å²) in [6.07, 6.45) is 0. The van der Waals surface area contributed by atoms with Crippen LogP contribution < -0.4 is 4.90 Å². The van der Waals surface area contributed by atoms with E-state index in [1.165, 1.54) is 33.4 Å². The molecule has 9 aromatic carbocycles. The Morgan fingerprint density at radius 3 is 1.14 bits per heavy atom. The largest absolute Gasteiger partial charge is 0.453 e. The lowest BCUT2D eigenvalue weighted by Gasteiger charge is -2.26. The predicted molar refractivity (Wildman–Crippen MR) is 236 cm³/mol. The summed E-state index contributed by atoms with van der Waals surface area (Å²) in [6.45, 7) is 0. The summed E-state index contributed by atoms with van der Waals surface area (Å²) in [4.78, 5) is 2.33. The minimum absolute atomic E-state index is 0.840. The molecule has 2 heteroatoms. The van der Waals surface area contributed by atoms with Crippen LogP contribution >= 0.6 is 0 Å². The number of nitrogens with zero attached hydrogens (tertiary/aromatic N) is 1. The molecule has 10 rings (SSSR count). The lowest BCUT2D eigenvalue weighted by molar-refractivity contribution is 0.670. The number of furan rings is 1. The van der Waals surface area contributed by atoms with Gasteiger partial charge in [-0.1, -0.05) is 194 Å². The molecule has 10 aromatic rings. The molecule has 0 aliphatic heterocycles. The SMILES string of the molecule is c1ccc(-c2ccc(-c3ccc(N(c4ccc(-c5ccccc5)cc4)c4ccc(-c5ccccc5)cc4)c4oc5c(-c6ccccc6)cccc5c34)cc2)cc1. The first-order valence-corrected chi connectivity index (χ1v) is 19.1. The monoisotopic (exact) mass is 715 g/mol. The first kappa shape index (κ1) is 33.2. The second-order valence-electron chi connectivity index (χ2n) is 14.1. The van der Waals surface area contributed by atoms with Gasteiger partial charge < -0.3 is 9.32 Å². The van der Waals surface area contributed by atoms with Crippen LogP contribution in [0.15, 0.2) is 229 Å². The van der Waals surface area contributed by atoms with Crippen molar-refractivity contribution >= 4 is 39.0 Å². The molecule has 0 aliphatic rings. The summed E-state index contributed by atoms with van der Waals surface area (Å²) in [7, 11) is 0. The van der Waals surface area contributed by atoms with Crippen molar-refractivity contribution in [2.75, 3.05) is 4.90 Å². The third-order valence-electron chi connectivity index (χ3n) is 10.7. The van der Waals surface area contributed by atoms with Gasteiger partial charge in [0.2, 0.25) is 0 Å². The van der Waals surface area contributed by atoms with Gasteiger partial charge in [-0.3, -0.25) is 0 Å². The van der Waals surface area contributed by atoms with E-state index in [-0.39, 0.29) is 0 Å². The molecule has 1 aromatic heterocycles. The van der Waals surface area contributed by atoms with Gasteiger partial charge in [-0.25, -0.2) is 0 Å². The first-order valence-electron chi connectivity index (χ1n) is 19.1. The summed E-state index contributed by atoms with van der Waals surface area (Å²) < 4.78 is 7.19. The van der Waals surface area contributed by atoms with Gasteiger partial charge in [0, 0.05) is 27.7 Å². The number of hydrogen-bond acceptors (Lipinski definition) is 2. The van der Waals surface area contributed by atoms with E-state index >= 15 is 0 Å². The van der Waals surface area contributed by atoms with E-state index in [0.29, 0.717) is 0 Å². The van der Waals surface area contributed by atoms with Crippen LogP contribution in [0.2, 0.25) is 0 Å². The molecule has 0 bridgehead atoms. The zero-order chi connectivity index (χ0) is 37.3. The van der Waals surface area contributed by atoms with Crippen molar-refractivity contribution in [1.82, 2.24) is 0 Å². The maximum atomic E-state index is 7.19. The van der Waals surface area contributed by atoms with Crippen LogP contribution in [0.3, 0.4) is 0 Å². The van der Waals surface area contributed by atoms with Crippen molar-refractivity contribution in [3.63, 3.8) is 0 Å². The molecule has 0 amide bonds. The Morgan fingerprint density at radius 2 is 0.661 bits per heavy atom. The maximum Gasteiger partial charge on any atom is 0.160 e. The van der Waals surface area contributed by atoms with Crippen molar-refractivity contribution in [1.29, 1.82) is 0 Å². The molecule has 0 N–H and O–H groups in total. The Morgan fingerprint density at radius 1 is 0.268 bits per heavy atom. The Balaban J connectivity index is 1.19. The maximum absolute atomic E-state index is 7.19.